The van der Waals surface area contributed by atoms with E-state index in [0.29, 0.717) is 5.56 Å². The molecule has 0 spiro atoms. The van der Waals surface area contributed by atoms with Gasteiger partial charge in [-0.1, -0.05) is 18.2 Å². The van der Waals surface area contributed by atoms with Crippen molar-refractivity contribution in [1.82, 2.24) is 0 Å². The lowest BCUT2D eigenvalue weighted by atomic mass is 10.2. The summed E-state index contributed by atoms with van der Waals surface area (Å²) in [7, 11) is 0. The van der Waals surface area contributed by atoms with Crippen molar-refractivity contribution >= 4 is 5.97 Å². The molecule has 0 radical (unpaired) electrons. The van der Waals surface area contributed by atoms with Crippen LogP contribution in [0.1, 0.15) is 23.7 Å². The zero-order chi connectivity index (χ0) is 11.3. The molecular formula is C11H14O4. The third-order valence-electron chi connectivity index (χ3n) is 1.80. The maximum atomic E-state index is 11.4. The van der Waals surface area contributed by atoms with Crippen LogP contribution in [0.3, 0.4) is 0 Å². The minimum Gasteiger partial charge on any atom is -0.432 e. The molecule has 0 bridgehead atoms. The number of ether oxygens (including phenoxy) is 1. The summed E-state index contributed by atoms with van der Waals surface area (Å²) in [5.41, 5.74) is 0.377. The number of carbonyl (C=O) groups excluding carboxylic acids is 1. The summed E-state index contributed by atoms with van der Waals surface area (Å²) in [5, 5.41) is 18.2. The van der Waals surface area contributed by atoms with Gasteiger partial charge >= 0.3 is 5.97 Å². The quantitative estimate of drug-likeness (QED) is 0.573. The Bertz CT molecular complexity index is 308. The molecule has 15 heavy (non-hydrogen) atoms. The van der Waals surface area contributed by atoms with Crippen molar-refractivity contribution < 1.29 is 19.7 Å². The lowest BCUT2D eigenvalue weighted by Gasteiger charge is -2.13. The molecule has 0 aliphatic carbocycles. The van der Waals surface area contributed by atoms with Crippen LogP contribution in [0.4, 0.5) is 0 Å². The number of aliphatic hydroxyl groups excluding tert-OH is 2. The van der Waals surface area contributed by atoms with Crippen molar-refractivity contribution in [3.63, 3.8) is 0 Å². The van der Waals surface area contributed by atoms with Gasteiger partial charge in [-0.05, 0) is 19.1 Å². The number of aliphatic hydroxyl groups is 2. The number of hydrogen-bond acceptors (Lipinski definition) is 4. The van der Waals surface area contributed by atoms with Crippen LogP contribution >= 0.6 is 0 Å². The van der Waals surface area contributed by atoms with Crippen LogP contribution in [0.5, 0.6) is 0 Å². The van der Waals surface area contributed by atoms with E-state index in [1.807, 2.05) is 0 Å². The first-order chi connectivity index (χ1) is 7.09. The van der Waals surface area contributed by atoms with Crippen molar-refractivity contribution in [2.24, 2.45) is 0 Å². The molecule has 0 heterocycles. The third kappa shape index (κ3) is 4.10. The van der Waals surface area contributed by atoms with E-state index in [9.17, 15) is 9.90 Å². The lowest BCUT2D eigenvalue weighted by Crippen LogP contribution is -2.22. The average molecular weight is 210 g/mol. The Labute approximate surface area is 88.1 Å². The summed E-state index contributed by atoms with van der Waals surface area (Å²) in [6.07, 6.45) is -1.96. The largest absolute Gasteiger partial charge is 0.432 e. The fourth-order valence-corrected chi connectivity index (χ4v) is 1.11. The second kappa shape index (κ2) is 5.48. The van der Waals surface area contributed by atoms with Crippen molar-refractivity contribution in [1.29, 1.82) is 0 Å². The van der Waals surface area contributed by atoms with Crippen molar-refractivity contribution in [3.05, 3.63) is 35.9 Å². The first-order valence-electron chi connectivity index (χ1n) is 4.71. The van der Waals surface area contributed by atoms with Gasteiger partial charge in [-0.2, -0.15) is 0 Å². The van der Waals surface area contributed by atoms with Crippen LogP contribution in [-0.2, 0) is 4.74 Å². The SMILES string of the molecule is CC(O)CC(O)OC(=O)c1ccccc1. The Kier molecular flexibility index (Phi) is 4.27. The van der Waals surface area contributed by atoms with Gasteiger partial charge in [-0.3, -0.25) is 0 Å². The standard InChI is InChI=1S/C11H14O4/c1-8(12)7-10(13)15-11(14)9-5-3-2-4-6-9/h2-6,8,10,12-13H,7H2,1H3. The van der Waals surface area contributed by atoms with Crippen LogP contribution in [0.15, 0.2) is 30.3 Å². The van der Waals surface area contributed by atoms with Gasteiger partial charge < -0.3 is 14.9 Å². The predicted octanol–water partition coefficient (Wildman–Crippen LogP) is 0.933. The topological polar surface area (TPSA) is 66.8 Å². The normalized spacial score (nSPS) is 14.3. The molecule has 0 saturated carbocycles. The third-order valence-corrected chi connectivity index (χ3v) is 1.80. The number of benzene rings is 1. The van der Waals surface area contributed by atoms with Gasteiger partial charge in [0.1, 0.15) is 0 Å². The zero-order valence-electron chi connectivity index (χ0n) is 8.46. The van der Waals surface area contributed by atoms with Crippen molar-refractivity contribution in [2.75, 3.05) is 0 Å². The molecule has 82 valence electrons. The van der Waals surface area contributed by atoms with Crippen LogP contribution in [0.25, 0.3) is 0 Å². The van der Waals surface area contributed by atoms with E-state index in [4.69, 9.17) is 9.84 Å². The van der Waals surface area contributed by atoms with Gasteiger partial charge in [-0.25, -0.2) is 4.79 Å². The zero-order valence-corrected chi connectivity index (χ0v) is 8.46. The summed E-state index contributed by atoms with van der Waals surface area (Å²) in [4.78, 5) is 11.4. The van der Waals surface area contributed by atoms with Gasteiger partial charge in [0.05, 0.1) is 11.7 Å². The maximum absolute atomic E-state index is 11.4. The minimum absolute atomic E-state index is 0.0125. The highest BCUT2D eigenvalue weighted by molar-refractivity contribution is 5.89. The van der Waals surface area contributed by atoms with Gasteiger partial charge in [0.15, 0.2) is 0 Å². The first-order valence-corrected chi connectivity index (χ1v) is 4.71. The maximum Gasteiger partial charge on any atom is 0.340 e. The molecule has 4 heteroatoms. The van der Waals surface area contributed by atoms with Gasteiger partial charge in [0.2, 0.25) is 6.29 Å². The van der Waals surface area contributed by atoms with Crippen LogP contribution in [0, 0.1) is 0 Å². The summed E-state index contributed by atoms with van der Waals surface area (Å²) in [5.74, 6) is -0.594. The Hall–Kier alpha value is -1.39. The Morgan fingerprint density at radius 1 is 1.33 bits per heavy atom. The van der Waals surface area contributed by atoms with Gasteiger partial charge in [-0.15, -0.1) is 0 Å². The van der Waals surface area contributed by atoms with E-state index >= 15 is 0 Å². The highest BCUT2D eigenvalue weighted by atomic mass is 16.6. The molecule has 0 aliphatic heterocycles. The fourth-order valence-electron chi connectivity index (χ4n) is 1.11. The summed E-state index contributed by atoms with van der Waals surface area (Å²) in [6.45, 7) is 1.51. The van der Waals surface area contributed by atoms with E-state index in [1.54, 1.807) is 30.3 Å². The molecule has 1 rings (SSSR count). The molecule has 2 atom stereocenters. The summed E-state index contributed by atoms with van der Waals surface area (Å²) in [6, 6.07) is 8.38. The van der Waals surface area contributed by atoms with E-state index in [1.165, 1.54) is 6.92 Å². The molecule has 0 saturated heterocycles. The van der Waals surface area contributed by atoms with Crippen molar-refractivity contribution in [3.8, 4) is 0 Å². The van der Waals surface area contributed by atoms with E-state index in [2.05, 4.69) is 0 Å². The molecule has 1 aromatic carbocycles. The van der Waals surface area contributed by atoms with Crippen LogP contribution < -0.4 is 0 Å². The number of rotatable bonds is 4. The van der Waals surface area contributed by atoms with E-state index < -0.39 is 18.4 Å². The predicted molar refractivity (Wildman–Crippen MR) is 54.2 cm³/mol. The number of esters is 1. The molecular weight excluding hydrogens is 196 g/mol. The number of hydrogen-bond donors (Lipinski definition) is 2. The Morgan fingerprint density at radius 2 is 1.93 bits per heavy atom. The molecule has 0 amide bonds. The molecule has 0 aliphatic rings. The van der Waals surface area contributed by atoms with Crippen molar-refractivity contribution in [2.45, 2.75) is 25.7 Å². The van der Waals surface area contributed by atoms with E-state index in [-0.39, 0.29) is 6.42 Å². The Balaban J connectivity index is 2.49. The molecule has 1 aromatic rings. The van der Waals surface area contributed by atoms with Gasteiger partial charge in [0.25, 0.3) is 0 Å². The highest BCUT2D eigenvalue weighted by Gasteiger charge is 2.14. The highest BCUT2D eigenvalue weighted by Crippen LogP contribution is 2.06. The van der Waals surface area contributed by atoms with Crippen LogP contribution in [-0.4, -0.2) is 28.6 Å². The lowest BCUT2D eigenvalue weighted by molar-refractivity contribution is -0.0836. The molecule has 0 aromatic heterocycles. The van der Waals surface area contributed by atoms with Gasteiger partial charge in [0, 0.05) is 6.42 Å². The Morgan fingerprint density at radius 3 is 2.47 bits per heavy atom. The minimum atomic E-state index is -1.27. The number of carbonyl (C=O) groups is 1. The summed E-state index contributed by atoms with van der Waals surface area (Å²) >= 11 is 0. The first kappa shape index (κ1) is 11.7. The van der Waals surface area contributed by atoms with Crippen LogP contribution in [0.2, 0.25) is 0 Å². The molecule has 2 N–H and O–H groups in total. The monoisotopic (exact) mass is 210 g/mol. The second-order valence-corrected chi connectivity index (χ2v) is 3.31. The molecule has 4 nitrogen and oxygen atoms in total. The fraction of sp³-hybridized carbons (Fsp3) is 0.364. The molecule has 0 fully saturated rings. The molecule has 2 unspecified atom stereocenters. The second-order valence-electron chi connectivity index (χ2n) is 3.31. The van der Waals surface area contributed by atoms with E-state index in [0.717, 1.165) is 0 Å². The summed E-state index contributed by atoms with van der Waals surface area (Å²) < 4.78 is 4.70. The smallest absolute Gasteiger partial charge is 0.340 e. The average Bonchev–Trinajstić information content (AvgIpc) is 2.17.